The van der Waals surface area contributed by atoms with Crippen molar-refractivity contribution in [2.75, 3.05) is 10.6 Å². The summed E-state index contributed by atoms with van der Waals surface area (Å²) in [6.07, 6.45) is 0. The molecule has 0 radical (unpaired) electrons. The van der Waals surface area contributed by atoms with E-state index in [1.165, 1.54) is 0 Å². The Morgan fingerprint density at radius 2 is 0.867 bits per heavy atom. The summed E-state index contributed by atoms with van der Waals surface area (Å²) in [7, 11) is 0. The zero-order chi connectivity index (χ0) is 20.8. The highest BCUT2D eigenvalue weighted by Crippen LogP contribution is 2.31. The Balaban J connectivity index is 1.93. The minimum Gasteiger partial charge on any atom is -0.353 e. The molecule has 0 unspecified atom stereocenters. The SMILES string of the molecule is Clc1cccc(/C(Nc2ccccc2)=C(\Nc2ccccc2)c2cccc(Cl)c2)c1. The molecular formula is C26H20Cl2N2. The molecule has 4 aromatic carbocycles. The molecule has 4 rings (SSSR count). The van der Waals surface area contributed by atoms with Crippen molar-refractivity contribution in [2.24, 2.45) is 0 Å². The second-order valence-electron chi connectivity index (χ2n) is 6.75. The molecule has 2 nitrogen and oxygen atoms in total. The van der Waals surface area contributed by atoms with Crippen molar-refractivity contribution in [1.29, 1.82) is 0 Å². The lowest BCUT2D eigenvalue weighted by atomic mass is 10.0. The Kier molecular flexibility index (Phi) is 6.38. The lowest BCUT2D eigenvalue weighted by Crippen LogP contribution is -2.09. The van der Waals surface area contributed by atoms with Crippen LogP contribution in [0.25, 0.3) is 11.4 Å². The van der Waals surface area contributed by atoms with Crippen LogP contribution in [0.15, 0.2) is 109 Å². The lowest BCUT2D eigenvalue weighted by Gasteiger charge is -2.20. The Hall–Kier alpha value is -3.20. The number of anilines is 2. The van der Waals surface area contributed by atoms with Gasteiger partial charge in [-0.15, -0.1) is 0 Å². The lowest BCUT2D eigenvalue weighted by molar-refractivity contribution is 1.48. The zero-order valence-electron chi connectivity index (χ0n) is 16.1. The van der Waals surface area contributed by atoms with E-state index in [2.05, 4.69) is 10.6 Å². The molecule has 2 N–H and O–H groups in total. The van der Waals surface area contributed by atoms with Crippen LogP contribution >= 0.6 is 23.2 Å². The second-order valence-corrected chi connectivity index (χ2v) is 7.63. The normalized spacial score (nSPS) is 11.5. The van der Waals surface area contributed by atoms with Crippen LogP contribution in [0.4, 0.5) is 11.4 Å². The summed E-state index contributed by atoms with van der Waals surface area (Å²) in [6, 6.07) is 35.7. The molecule has 0 aliphatic heterocycles. The van der Waals surface area contributed by atoms with E-state index in [1.54, 1.807) is 0 Å². The number of nitrogens with one attached hydrogen (secondary N) is 2. The molecule has 0 spiro atoms. The van der Waals surface area contributed by atoms with Crippen LogP contribution in [0.1, 0.15) is 11.1 Å². The van der Waals surface area contributed by atoms with E-state index in [0.29, 0.717) is 10.0 Å². The van der Waals surface area contributed by atoms with Crippen molar-refractivity contribution < 1.29 is 0 Å². The Morgan fingerprint density at radius 1 is 0.467 bits per heavy atom. The summed E-state index contributed by atoms with van der Waals surface area (Å²) in [4.78, 5) is 0. The van der Waals surface area contributed by atoms with E-state index in [0.717, 1.165) is 33.9 Å². The van der Waals surface area contributed by atoms with Crippen molar-refractivity contribution >= 4 is 46.0 Å². The van der Waals surface area contributed by atoms with Gasteiger partial charge in [0, 0.05) is 32.5 Å². The molecule has 0 aromatic heterocycles. The molecule has 0 heterocycles. The molecule has 30 heavy (non-hydrogen) atoms. The summed E-state index contributed by atoms with van der Waals surface area (Å²) in [6.45, 7) is 0. The van der Waals surface area contributed by atoms with E-state index in [4.69, 9.17) is 23.2 Å². The Labute approximate surface area is 186 Å². The van der Waals surface area contributed by atoms with Crippen LogP contribution in [0.3, 0.4) is 0 Å². The molecule has 0 saturated heterocycles. The van der Waals surface area contributed by atoms with Gasteiger partial charge in [-0.2, -0.15) is 0 Å². The van der Waals surface area contributed by atoms with Crippen LogP contribution < -0.4 is 10.6 Å². The number of para-hydroxylation sites is 2. The average Bonchev–Trinajstić information content (AvgIpc) is 2.77. The van der Waals surface area contributed by atoms with Crippen molar-refractivity contribution in [3.63, 3.8) is 0 Å². The molecule has 0 fully saturated rings. The molecular weight excluding hydrogens is 411 g/mol. The van der Waals surface area contributed by atoms with E-state index in [-0.39, 0.29) is 0 Å². The van der Waals surface area contributed by atoms with Crippen molar-refractivity contribution in [3.8, 4) is 0 Å². The molecule has 0 aliphatic carbocycles. The maximum Gasteiger partial charge on any atom is 0.0703 e. The summed E-state index contributed by atoms with van der Waals surface area (Å²) >= 11 is 12.7. The molecule has 148 valence electrons. The summed E-state index contributed by atoms with van der Waals surface area (Å²) in [5.74, 6) is 0. The molecule has 4 aromatic rings. The Bertz CT molecular complexity index is 1060. The van der Waals surface area contributed by atoms with Crippen LogP contribution in [0.2, 0.25) is 10.0 Å². The number of hydrogen-bond donors (Lipinski definition) is 2. The summed E-state index contributed by atoms with van der Waals surface area (Å²) < 4.78 is 0. The number of benzene rings is 4. The van der Waals surface area contributed by atoms with Gasteiger partial charge in [-0.1, -0.05) is 83.9 Å². The first kappa shape index (κ1) is 20.1. The first-order valence-corrected chi connectivity index (χ1v) is 10.3. The van der Waals surface area contributed by atoms with E-state index in [9.17, 15) is 0 Å². The minimum absolute atomic E-state index is 0.671. The average molecular weight is 431 g/mol. The van der Waals surface area contributed by atoms with Gasteiger partial charge in [0.15, 0.2) is 0 Å². The largest absolute Gasteiger partial charge is 0.353 e. The molecule has 0 atom stereocenters. The van der Waals surface area contributed by atoms with Crippen molar-refractivity contribution in [3.05, 3.63) is 130 Å². The Morgan fingerprint density at radius 3 is 1.23 bits per heavy atom. The third-order valence-electron chi connectivity index (χ3n) is 4.56. The first-order valence-electron chi connectivity index (χ1n) is 9.59. The highest BCUT2D eigenvalue weighted by molar-refractivity contribution is 6.31. The van der Waals surface area contributed by atoms with E-state index < -0.39 is 0 Å². The van der Waals surface area contributed by atoms with Crippen molar-refractivity contribution in [2.45, 2.75) is 0 Å². The summed E-state index contributed by atoms with van der Waals surface area (Å²) in [5, 5.41) is 8.50. The van der Waals surface area contributed by atoms with Crippen LogP contribution in [0.5, 0.6) is 0 Å². The first-order chi connectivity index (χ1) is 14.7. The predicted octanol–water partition coefficient (Wildman–Crippen LogP) is 8.04. The van der Waals surface area contributed by atoms with E-state index >= 15 is 0 Å². The fourth-order valence-electron chi connectivity index (χ4n) is 3.18. The van der Waals surface area contributed by atoms with Gasteiger partial charge >= 0.3 is 0 Å². The van der Waals surface area contributed by atoms with Gasteiger partial charge < -0.3 is 10.6 Å². The minimum atomic E-state index is 0.671. The molecule has 0 aliphatic rings. The third-order valence-corrected chi connectivity index (χ3v) is 5.03. The smallest absolute Gasteiger partial charge is 0.0703 e. The monoisotopic (exact) mass is 430 g/mol. The third kappa shape index (κ3) is 5.04. The van der Waals surface area contributed by atoms with Crippen LogP contribution in [-0.2, 0) is 0 Å². The molecule has 0 saturated carbocycles. The van der Waals surface area contributed by atoms with Crippen molar-refractivity contribution in [1.82, 2.24) is 0 Å². The topological polar surface area (TPSA) is 24.1 Å². The van der Waals surface area contributed by atoms with Gasteiger partial charge in [0.2, 0.25) is 0 Å². The number of rotatable bonds is 6. The van der Waals surface area contributed by atoms with Gasteiger partial charge in [-0.05, 0) is 48.5 Å². The fourth-order valence-corrected chi connectivity index (χ4v) is 3.56. The predicted molar refractivity (Wildman–Crippen MR) is 130 cm³/mol. The van der Waals surface area contributed by atoms with Gasteiger partial charge in [0.25, 0.3) is 0 Å². The fraction of sp³-hybridized carbons (Fsp3) is 0. The number of hydrogen-bond acceptors (Lipinski definition) is 2. The standard InChI is InChI=1S/C26H20Cl2N2/c27-21-11-7-9-19(17-21)25(29-23-13-3-1-4-14-23)26(20-10-8-12-22(28)18-20)30-24-15-5-2-6-16-24/h1-18,29-30H/b26-25+. The zero-order valence-corrected chi connectivity index (χ0v) is 17.7. The second kappa shape index (κ2) is 9.53. The highest BCUT2D eigenvalue weighted by atomic mass is 35.5. The van der Waals surface area contributed by atoms with Gasteiger partial charge in [-0.25, -0.2) is 0 Å². The van der Waals surface area contributed by atoms with E-state index in [1.807, 2.05) is 109 Å². The number of halogens is 2. The highest BCUT2D eigenvalue weighted by Gasteiger charge is 2.14. The molecule has 0 amide bonds. The van der Waals surface area contributed by atoms with Crippen LogP contribution in [-0.4, -0.2) is 0 Å². The quantitative estimate of drug-likeness (QED) is 0.302. The maximum atomic E-state index is 6.34. The molecule has 0 bridgehead atoms. The summed E-state index contributed by atoms with van der Waals surface area (Å²) in [5.41, 5.74) is 5.67. The van der Waals surface area contributed by atoms with Gasteiger partial charge in [-0.3, -0.25) is 0 Å². The molecule has 4 heteroatoms. The van der Waals surface area contributed by atoms with Gasteiger partial charge in [0.1, 0.15) is 0 Å². The maximum absolute atomic E-state index is 6.34. The van der Waals surface area contributed by atoms with Gasteiger partial charge in [0.05, 0.1) is 11.4 Å². The van der Waals surface area contributed by atoms with Crippen LogP contribution in [0, 0.1) is 0 Å².